The number of ether oxygens (including phenoxy) is 2. The maximum atomic E-state index is 12.6. The molecule has 4 rings (SSSR count). The third kappa shape index (κ3) is 3.19. The molecule has 1 amide bonds. The molecule has 1 aliphatic heterocycles. The first kappa shape index (κ1) is 15.3. The average Bonchev–Trinajstić information content (AvgIpc) is 3.21. The number of carbonyl (C=O) groups excluding carboxylic acids is 1. The first-order valence-corrected chi connectivity index (χ1v) is 7.98. The molecule has 3 aromatic rings. The Bertz CT molecular complexity index is 919. The van der Waals surface area contributed by atoms with Crippen LogP contribution in [0.3, 0.4) is 0 Å². The molecule has 0 radical (unpaired) electrons. The van der Waals surface area contributed by atoms with Crippen molar-refractivity contribution in [2.45, 2.75) is 13.5 Å². The van der Waals surface area contributed by atoms with Gasteiger partial charge in [-0.2, -0.15) is 5.10 Å². The third-order valence-electron chi connectivity index (χ3n) is 3.95. The second-order valence-electron chi connectivity index (χ2n) is 5.84. The molecular weight excluding hydrogens is 318 g/mol. The van der Waals surface area contributed by atoms with Crippen molar-refractivity contribution in [3.8, 4) is 11.5 Å². The summed E-state index contributed by atoms with van der Waals surface area (Å²) >= 11 is 0. The lowest BCUT2D eigenvalue weighted by molar-refractivity contribution is 0.102. The van der Waals surface area contributed by atoms with Gasteiger partial charge in [-0.05, 0) is 30.7 Å². The Balaban J connectivity index is 1.55. The highest BCUT2D eigenvalue weighted by molar-refractivity contribution is 6.04. The molecule has 1 aliphatic rings. The molecule has 6 nitrogen and oxygen atoms in total. The Labute approximate surface area is 145 Å². The Morgan fingerprint density at radius 3 is 2.76 bits per heavy atom. The van der Waals surface area contributed by atoms with E-state index >= 15 is 0 Å². The molecule has 0 atom stereocenters. The second-order valence-corrected chi connectivity index (χ2v) is 5.84. The van der Waals surface area contributed by atoms with Gasteiger partial charge in [0.05, 0.1) is 12.2 Å². The molecule has 0 saturated carbocycles. The van der Waals surface area contributed by atoms with E-state index in [0.29, 0.717) is 29.4 Å². The van der Waals surface area contributed by atoms with Crippen molar-refractivity contribution in [2.24, 2.45) is 0 Å². The van der Waals surface area contributed by atoms with Gasteiger partial charge in [-0.25, -0.2) is 4.68 Å². The number of nitrogens with zero attached hydrogens (tertiary/aromatic N) is 2. The van der Waals surface area contributed by atoms with Gasteiger partial charge in [0.25, 0.3) is 5.91 Å². The molecule has 0 unspecified atom stereocenters. The fourth-order valence-corrected chi connectivity index (χ4v) is 2.75. The van der Waals surface area contributed by atoms with Gasteiger partial charge in [0.1, 0.15) is 5.82 Å². The van der Waals surface area contributed by atoms with E-state index in [2.05, 4.69) is 10.4 Å². The molecule has 2 aromatic carbocycles. The van der Waals surface area contributed by atoms with Crippen LogP contribution in [0.4, 0.5) is 5.82 Å². The number of rotatable bonds is 4. The summed E-state index contributed by atoms with van der Waals surface area (Å²) in [6.45, 7) is 2.67. The van der Waals surface area contributed by atoms with Crippen molar-refractivity contribution in [3.05, 3.63) is 71.4 Å². The summed E-state index contributed by atoms with van der Waals surface area (Å²) in [6.07, 6.45) is 0. The predicted octanol–water partition coefficient (Wildman–Crippen LogP) is 3.22. The maximum Gasteiger partial charge on any atom is 0.256 e. The highest BCUT2D eigenvalue weighted by atomic mass is 16.7. The normalized spacial score (nSPS) is 12.2. The van der Waals surface area contributed by atoms with E-state index in [-0.39, 0.29) is 12.7 Å². The number of fused-ring (bicyclic) bond motifs is 1. The standard InChI is InChI=1S/C19H17N3O3/c1-13-9-18(22(21-13)11-14-5-3-2-4-6-14)20-19(23)15-7-8-16-17(10-15)25-12-24-16/h2-10H,11-12H2,1H3,(H,20,23). The molecular formula is C19H17N3O3. The van der Waals surface area contributed by atoms with Crippen LogP contribution in [0, 0.1) is 6.92 Å². The second kappa shape index (κ2) is 6.32. The minimum atomic E-state index is -0.215. The van der Waals surface area contributed by atoms with Crippen LogP contribution < -0.4 is 14.8 Å². The molecule has 126 valence electrons. The summed E-state index contributed by atoms with van der Waals surface area (Å²) in [5.74, 6) is 1.68. The Morgan fingerprint density at radius 2 is 1.92 bits per heavy atom. The zero-order valence-corrected chi connectivity index (χ0v) is 13.7. The van der Waals surface area contributed by atoms with Crippen LogP contribution in [-0.2, 0) is 6.54 Å². The van der Waals surface area contributed by atoms with Crippen molar-refractivity contribution in [1.29, 1.82) is 0 Å². The predicted molar refractivity (Wildman–Crippen MR) is 93.0 cm³/mol. The van der Waals surface area contributed by atoms with E-state index in [1.807, 2.05) is 43.3 Å². The van der Waals surface area contributed by atoms with Crippen molar-refractivity contribution in [3.63, 3.8) is 0 Å². The van der Waals surface area contributed by atoms with Gasteiger partial charge in [0, 0.05) is 11.6 Å². The summed E-state index contributed by atoms with van der Waals surface area (Å²) in [5, 5.41) is 7.39. The van der Waals surface area contributed by atoms with E-state index in [0.717, 1.165) is 11.3 Å². The van der Waals surface area contributed by atoms with Gasteiger partial charge in [0.2, 0.25) is 6.79 Å². The fraction of sp³-hybridized carbons (Fsp3) is 0.158. The fourth-order valence-electron chi connectivity index (χ4n) is 2.75. The third-order valence-corrected chi connectivity index (χ3v) is 3.95. The summed E-state index contributed by atoms with van der Waals surface area (Å²) < 4.78 is 12.4. The number of nitrogens with one attached hydrogen (secondary N) is 1. The van der Waals surface area contributed by atoms with E-state index in [4.69, 9.17) is 9.47 Å². The molecule has 1 aromatic heterocycles. The molecule has 0 fully saturated rings. The van der Waals surface area contributed by atoms with E-state index in [1.165, 1.54) is 0 Å². The molecule has 0 saturated heterocycles. The maximum absolute atomic E-state index is 12.6. The lowest BCUT2D eigenvalue weighted by atomic mass is 10.2. The molecule has 25 heavy (non-hydrogen) atoms. The Kier molecular flexibility index (Phi) is 3.85. The van der Waals surface area contributed by atoms with Gasteiger partial charge in [-0.15, -0.1) is 0 Å². The van der Waals surface area contributed by atoms with Gasteiger partial charge >= 0.3 is 0 Å². The minimum Gasteiger partial charge on any atom is -0.454 e. The first-order valence-electron chi connectivity index (χ1n) is 7.98. The van der Waals surface area contributed by atoms with Gasteiger partial charge < -0.3 is 14.8 Å². The van der Waals surface area contributed by atoms with Crippen molar-refractivity contribution in [1.82, 2.24) is 9.78 Å². The average molecular weight is 335 g/mol. The number of carbonyl (C=O) groups is 1. The van der Waals surface area contributed by atoms with Crippen LogP contribution in [-0.4, -0.2) is 22.5 Å². The number of anilines is 1. The molecule has 6 heteroatoms. The van der Waals surface area contributed by atoms with Crippen molar-refractivity contribution >= 4 is 11.7 Å². The zero-order valence-electron chi connectivity index (χ0n) is 13.7. The van der Waals surface area contributed by atoms with E-state index in [9.17, 15) is 4.79 Å². The lowest BCUT2D eigenvalue weighted by Crippen LogP contribution is -2.16. The van der Waals surface area contributed by atoms with Crippen LogP contribution in [0.2, 0.25) is 0 Å². The van der Waals surface area contributed by atoms with Crippen LogP contribution in [0.5, 0.6) is 11.5 Å². The number of benzene rings is 2. The smallest absolute Gasteiger partial charge is 0.256 e. The van der Waals surface area contributed by atoms with Crippen LogP contribution in [0.1, 0.15) is 21.6 Å². The molecule has 0 bridgehead atoms. The number of aromatic nitrogens is 2. The molecule has 0 spiro atoms. The lowest BCUT2D eigenvalue weighted by Gasteiger charge is -2.09. The van der Waals surface area contributed by atoms with E-state index in [1.54, 1.807) is 22.9 Å². The number of hydrogen-bond donors (Lipinski definition) is 1. The monoisotopic (exact) mass is 335 g/mol. The summed E-state index contributed by atoms with van der Waals surface area (Å²) in [5.41, 5.74) is 2.47. The van der Waals surface area contributed by atoms with Gasteiger partial charge in [0.15, 0.2) is 11.5 Å². The van der Waals surface area contributed by atoms with Gasteiger partial charge in [-0.1, -0.05) is 30.3 Å². The van der Waals surface area contributed by atoms with Crippen LogP contribution in [0.25, 0.3) is 0 Å². The highest BCUT2D eigenvalue weighted by Crippen LogP contribution is 2.32. The topological polar surface area (TPSA) is 65.4 Å². The summed E-state index contributed by atoms with van der Waals surface area (Å²) in [4.78, 5) is 12.6. The number of amides is 1. The SMILES string of the molecule is Cc1cc(NC(=O)c2ccc3c(c2)OCO3)n(Cc2ccccc2)n1. The quantitative estimate of drug-likeness (QED) is 0.795. The highest BCUT2D eigenvalue weighted by Gasteiger charge is 2.17. The number of aryl methyl sites for hydroxylation is 1. The largest absolute Gasteiger partial charge is 0.454 e. The van der Waals surface area contributed by atoms with Crippen LogP contribution in [0.15, 0.2) is 54.6 Å². The van der Waals surface area contributed by atoms with Crippen molar-refractivity contribution in [2.75, 3.05) is 12.1 Å². The molecule has 2 heterocycles. The number of hydrogen-bond acceptors (Lipinski definition) is 4. The van der Waals surface area contributed by atoms with Gasteiger partial charge in [-0.3, -0.25) is 4.79 Å². The molecule has 0 aliphatic carbocycles. The Hall–Kier alpha value is -3.28. The molecule has 1 N–H and O–H groups in total. The van der Waals surface area contributed by atoms with Crippen LogP contribution >= 0.6 is 0 Å². The minimum absolute atomic E-state index is 0.184. The van der Waals surface area contributed by atoms with Crippen molar-refractivity contribution < 1.29 is 14.3 Å². The first-order chi connectivity index (χ1) is 12.2. The Morgan fingerprint density at radius 1 is 1.12 bits per heavy atom. The zero-order chi connectivity index (χ0) is 17.2. The summed E-state index contributed by atoms with van der Waals surface area (Å²) in [6, 6.07) is 17.0. The summed E-state index contributed by atoms with van der Waals surface area (Å²) in [7, 11) is 0. The van der Waals surface area contributed by atoms with E-state index < -0.39 is 0 Å².